The van der Waals surface area contributed by atoms with Gasteiger partial charge in [-0.25, -0.2) is 9.59 Å². The van der Waals surface area contributed by atoms with E-state index in [9.17, 15) is 24.3 Å². The van der Waals surface area contributed by atoms with Crippen LogP contribution in [0.4, 0.5) is 0 Å². The van der Waals surface area contributed by atoms with Crippen LogP contribution in [0.1, 0.15) is 42.2 Å². The number of hydrogen-bond donors (Lipinski definition) is 2. The Kier molecular flexibility index (Phi) is 7.13. The molecule has 0 fully saturated rings. The molecule has 3 aromatic carbocycles. The van der Waals surface area contributed by atoms with Crippen LogP contribution >= 0.6 is 0 Å². The molecule has 3 aromatic rings. The number of hydrogen-bond acceptors (Lipinski definition) is 5. The third-order valence-corrected chi connectivity index (χ3v) is 4.84. The average molecular weight is 431 g/mol. The molecule has 0 bridgehead atoms. The lowest BCUT2D eigenvalue weighted by molar-refractivity contribution is -0.139. The predicted octanol–water partition coefficient (Wildman–Crippen LogP) is 3.13. The molecular weight excluding hydrogens is 410 g/mol. The molecule has 1 amide bonds. The van der Waals surface area contributed by atoms with Crippen LogP contribution in [0.2, 0.25) is 0 Å². The summed E-state index contributed by atoms with van der Waals surface area (Å²) < 4.78 is 4.64. The number of esters is 1. The van der Waals surface area contributed by atoms with Crippen LogP contribution in [0.3, 0.4) is 0 Å². The number of rotatable bonds is 8. The Morgan fingerprint density at radius 2 is 1.41 bits per heavy atom. The zero-order valence-electron chi connectivity index (χ0n) is 17.3. The van der Waals surface area contributed by atoms with Gasteiger partial charge in [0, 0.05) is 23.1 Å². The van der Waals surface area contributed by atoms with Gasteiger partial charge < -0.3 is 15.2 Å². The molecule has 2 N–H and O–H groups in total. The summed E-state index contributed by atoms with van der Waals surface area (Å²) in [5, 5.41) is 12.0. The van der Waals surface area contributed by atoms with Crippen molar-refractivity contribution in [2.24, 2.45) is 0 Å². The molecule has 0 spiro atoms. The Balaban J connectivity index is 1.70. The van der Waals surface area contributed by atoms with Gasteiger partial charge >= 0.3 is 11.9 Å². The molecule has 7 heteroatoms. The Morgan fingerprint density at radius 1 is 0.812 bits per heavy atom. The SMILES string of the molecule is COC(=O)c1cccc(C(=O)N[C@H](Cc2ccc(C(=O)c3ccccc3)cc2)C(=O)O)c1. The Bertz CT molecular complexity index is 1140. The zero-order chi connectivity index (χ0) is 23.1. The second kappa shape index (κ2) is 10.2. The summed E-state index contributed by atoms with van der Waals surface area (Å²) in [6.45, 7) is 0. The van der Waals surface area contributed by atoms with E-state index < -0.39 is 23.9 Å². The number of carbonyl (C=O) groups excluding carboxylic acids is 3. The van der Waals surface area contributed by atoms with Crippen molar-refractivity contribution in [3.05, 3.63) is 107 Å². The van der Waals surface area contributed by atoms with Crippen LogP contribution in [0.5, 0.6) is 0 Å². The van der Waals surface area contributed by atoms with E-state index >= 15 is 0 Å². The fourth-order valence-electron chi connectivity index (χ4n) is 3.13. The minimum atomic E-state index is -1.20. The molecule has 0 aliphatic carbocycles. The van der Waals surface area contributed by atoms with E-state index in [1.165, 1.54) is 31.4 Å². The summed E-state index contributed by atoms with van der Waals surface area (Å²) in [7, 11) is 1.23. The van der Waals surface area contributed by atoms with Crippen LogP contribution in [-0.4, -0.2) is 41.9 Å². The Hall–Kier alpha value is -4.26. The minimum Gasteiger partial charge on any atom is -0.480 e. The molecule has 0 heterocycles. The fourth-order valence-corrected chi connectivity index (χ4v) is 3.13. The quantitative estimate of drug-likeness (QED) is 0.419. The molecule has 3 rings (SSSR count). The average Bonchev–Trinajstić information content (AvgIpc) is 2.83. The molecule has 7 nitrogen and oxygen atoms in total. The van der Waals surface area contributed by atoms with Gasteiger partial charge in [-0.05, 0) is 23.8 Å². The molecular formula is C25H21NO6. The smallest absolute Gasteiger partial charge is 0.337 e. The van der Waals surface area contributed by atoms with Crippen LogP contribution in [0.15, 0.2) is 78.9 Å². The summed E-state index contributed by atoms with van der Waals surface area (Å²) in [6.07, 6.45) is 0.0254. The van der Waals surface area contributed by atoms with Crippen molar-refractivity contribution in [1.29, 1.82) is 0 Å². The first kappa shape index (κ1) is 22.4. The van der Waals surface area contributed by atoms with E-state index in [4.69, 9.17) is 0 Å². The molecule has 0 radical (unpaired) electrons. The van der Waals surface area contributed by atoms with Gasteiger partial charge in [0.1, 0.15) is 6.04 Å². The predicted molar refractivity (Wildman–Crippen MR) is 117 cm³/mol. The summed E-state index contributed by atoms with van der Waals surface area (Å²) >= 11 is 0. The number of methoxy groups -OCH3 is 1. The van der Waals surface area contributed by atoms with E-state index in [0.717, 1.165) is 0 Å². The lowest BCUT2D eigenvalue weighted by atomic mass is 9.99. The molecule has 0 aliphatic rings. The first-order valence-electron chi connectivity index (χ1n) is 9.80. The fraction of sp³-hybridized carbons (Fsp3) is 0.120. The highest BCUT2D eigenvalue weighted by Crippen LogP contribution is 2.13. The van der Waals surface area contributed by atoms with Crippen molar-refractivity contribution >= 4 is 23.6 Å². The number of ether oxygens (including phenoxy) is 1. The number of nitrogens with one attached hydrogen (secondary N) is 1. The number of carboxylic acids is 1. The van der Waals surface area contributed by atoms with E-state index in [2.05, 4.69) is 10.1 Å². The van der Waals surface area contributed by atoms with Gasteiger partial charge in [0.2, 0.25) is 0 Å². The van der Waals surface area contributed by atoms with Gasteiger partial charge in [0.05, 0.1) is 12.7 Å². The van der Waals surface area contributed by atoms with Gasteiger partial charge in [0.15, 0.2) is 5.78 Å². The van der Waals surface area contributed by atoms with Gasteiger partial charge in [0.25, 0.3) is 5.91 Å². The van der Waals surface area contributed by atoms with Crippen molar-refractivity contribution in [3.8, 4) is 0 Å². The highest BCUT2D eigenvalue weighted by molar-refractivity contribution is 6.09. The molecule has 0 saturated carbocycles. The van der Waals surface area contributed by atoms with Gasteiger partial charge in [-0.2, -0.15) is 0 Å². The lowest BCUT2D eigenvalue weighted by Gasteiger charge is -2.15. The number of aliphatic carboxylic acids is 1. The third-order valence-electron chi connectivity index (χ3n) is 4.84. The van der Waals surface area contributed by atoms with E-state index in [1.54, 1.807) is 48.5 Å². The molecule has 1 atom stereocenters. The van der Waals surface area contributed by atoms with E-state index in [-0.39, 0.29) is 23.3 Å². The van der Waals surface area contributed by atoms with Gasteiger partial charge in [-0.15, -0.1) is 0 Å². The van der Waals surface area contributed by atoms with Crippen molar-refractivity contribution in [3.63, 3.8) is 0 Å². The van der Waals surface area contributed by atoms with E-state index in [0.29, 0.717) is 16.7 Å². The van der Waals surface area contributed by atoms with Crippen LogP contribution in [0.25, 0.3) is 0 Å². The van der Waals surface area contributed by atoms with Crippen LogP contribution in [-0.2, 0) is 16.0 Å². The monoisotopic (exact) mass is 431 g/mol. The maximum absolute atomic E-state index is 12.5. The molecule has 0 aromatic heterocycles. The first-order chi connectivity index (χ1) is 15.4. The maximum atomic E-state index is 12.5. The number of carboxylic acid groups (broad SMARTS) is 1. The summed E-state index contributed by atoms with van der Waals surface area (Å²) in [6, 6.07) is 20.0. The normalized spacial score (nSPS) is 11.3. The lowest BCUT2D eigenvalue weighted by Crippen LogP contribution is -2.42. The standard InChI is InChI=1S/C25H21NO6/c1-32-25(31)20-9-5-8-19(15-20)23(28)26-21(24(29)30)14-16-10-12-18(13-11-16)22(27)17-6-3-2-4-7-17/h2-13,15,21H,14H2,1H3,(H,26,28)(H,29,30)/t21-/m1/s1. The Morgan fingerprint density at radius 3 is 2.03 bits per heavy atom. The van der Waals surface area contributed by atoms with Crippen molar-refractivity contribution in [2.45, 2.75) is 12.5 Å². The molecule has 32 heavy (non-hydrogen) atoms. The number of ketones is 1. The van der Waals surface area contributed by atoms with Crippen LogP contribution in [0, 0.1) is 0 Å². The summed E-state index contributed by atoms with van der Waals surface area (Å²) in [4.78, 5) is 48.4. The second-order valence-electron chi connectivity index (χ2n) is 7.03. The maximum Gasteiger partial charge on any atom is 0.337 e. The molecule has 0 saturated heterocycles. The van der Waals surface area contributed by atoms with Crippen LogP contribution < -0.4 is 5.32 Å². The van der Waals surface area contributed by atoms with Crippen molar-refractivity contribution < 1.29 is 29.0 Å². The number of benzene rings is 3. The summed E-state index contributed by atoms with van der Waals surface area (Å²) in [5.41, 5.74) is 2.01. The van der Waals surface area contributed by atoms with Gasteiger partial charge in [-0.3, -0.25) is 9.59 Å². The molecule has 0 unspecified atom stereocenters. The molecule has 0 aliphatic heterocycles. The van der Waals surface area contributed by atoms with Gasteiger partial charge in [-0.1, -0.05) is 60.7 Å². The minimum absolute atomic E-state index is 0.0254. The highest BCUT2D eigenvalue weighted by Gasteiger charge is 2.22. The van der Waals surface area contributed by atoms with E-state index in [1.807, 2.05) is 6.07 Å². The largest absolute Gasteiger partial charge is 0.480 e. The van der Waals surface area contributed by atoms with Crippen molar-refractivity contribution in [1.82, 2.24) is 5.32 Å². The third kappa shape index (κ3) is 5.46. The second-order valence-corrected chi connectivity index (χ2v) is 7.03. The number of carbonyl (C=O) groups is 4. The number of amides is 1. The summed E-state index contributed by atoms with van der Waals surface area (Å²) in [5.74, 6) is -2.56. The first-order valence-corrected chi connectivity index (χ1v) is 9.80. The Labute approximate surface area is 184 Å². The van der Waals surface area contributed by atoms with Crippen molar-refractivity contribution in [2.75, 3.05) is 7.11 Å². The molecule has 162 valence electrons. The topological polar surface area (TPSA) is 110 Å². The zero-order valence-corrected chi connectivity index (χ0v) is 17.3. The highest BCUT2D eigenvalue weighted by atomic mass is 16.5.